The number of terminal acetylenes is 1. The van der Waals surface area contributed by atoms with Gasteiger partial charge >= 0.3 is 5.97 Å². The van der Waals surface area contributed by atoms with Gasteiger partial charge in [0.15, 0.2) is 0 Å². The topological polar surface area (TPSA) is 46.5 Å². The van der Waals surface area contributed by atoms with Crippen LogP contribution in [0, 0.1) is 23.2 Å². The van der Waals surface area contributed by atoms with Crippen LogP contribution < -0.4 is 0 Å². The Hall–Kier alpha value is -1.01. The van der Waals surface area contributed by atoms with Gasteiger partial charge in [0.05, 0.1) is 23.0 Å². The number of hydrogen-bond donors (Lipinski definition) is 1. The maximum atomic E-state index is 12.3. The van der Waals surface area contributed by atoms with Gasteiger partial charge in [-0.3, -0.25) is 4.79 Å². The van der Waals surface area contributed by atoms with E-state index in [9.17, 15) is 9.90 Å². The summed E-state index contributed by atoms with van der Waals surface area (Å²) in [4.78, 5) is 12.3. The quantitative estimate of drug-likeness (QED) is 0.588. The predicted octanol–water partition coefficient (Wildman–Crippen LogP) is 1.88. The Labute approximate surface area is 103 Å². The minimum absolute atomic E-state index is 0.215. The smallest absolute Gasteiger partial charge is 0.313 e. The molecule has 0 bridgehead atoms. The molecule has 3 nitrogen and oxygen atoms in total. The standard InChI is InChI=1S/C14H20O3/c1-4-14-8-6-7-13(14,11(15)17-5-2)10-9-12(14,3)16/h1,16H,5-10H2,2-3H3/t12-,13+,14-/m1/s1. The summed E-state index contributed by atoms with van der Waals surface area (Å²) in [6, 6.07) is 0. The van der Waals surface area contributed by atoms with Crippen molar-refractivity contribution in [2.45, 2.75) is 51.6 Å². The summed E-state index contributed by atoms with van der Waals surface area (Å²) >= 11 is 0. The number of hydrogen-bond acceptors (Lipinski definition) is 3. The lowest BCUT2D eigenvalue weighted by atomic mass is 9.63. The van der Waals surface area contributed by atoms with Crippen LogP contribution in [-0.4, -0.2) is 23.3 Å². The lowest BCUT2D eigenvalue weighted by molar-refractivity contribution is -0.163. The Balaban J connectivity index is 2.47. The normalized spacial score (nSPS) is 44.1. The van der Waals surface area contributed by atoms with Crippen molar-refractivity contribution < 1.29 is 14.6 Å². The van der Waals surface area contributed by atoms with Crippen LogP contribution in [0.2, 0.25) is 0 Å². The van der Waals surface area contributed by atoms with Crippen molar-refractivity contribution in [3.05, 3.63) is 0 Å². The third-order valence-electron chi connectivity index (χ3n) is 4.84. The molecule has 94 valence electrons. The first-order valence-electron chi connectivity index (χ1n) is 6.33. The number of rotatable bonds is 2. The van der Waals surface area contributed by atoms with E-state index >= 15 is 0 Å². The first-order valence-corrected chi connectivity index (χ1v) is 6.33. The van der Waals surface area contributed by atoms with Crippen LogP contribution in [0.1, 0.15) is 46.0 Å². The van der Waals surface area contributed by atoms with Gasteiger partial charge in [-0.25, -0.2) is 0 Å². The summed E-state index contributed by atoms with van der Waals surface area (Å²) in [5.41, 5.74) is -2.33. The SMILES string of the molecule is C#C[C@]12CCC[C@@]1(C(=O)OCC)CC[C@@]2(C)O. The molecule has 0 spiro atoms. The van der Waals surface area contributed by atoms with Gasteiger partial charge in [0.2, 0.25) is 0 Å². The molecule has 0 radical (unpaired) electrons. The van der Waals surface area contributed by atoms with Gasteiger partial charge in [0.1, 0.15) is 0 Å². The van der Waals surface area contributed by atoms with Gasteiger partial charge in [-0.15, -0.1) is 6.42 Å². The molecule has 3 atom stereocenters. The molecular formula is C14H20O3. The molecule has 2 saturated carbocycles. The van der Waals surface area contributed by atoms with E-state index in [-0.39, 0.29) is 5.97 Å². The van der Waals surface area contributed by atoms with Crippen LogP contribution in [0.15, 0.2) is 0 Å². The van der Waals surface area contributed by atoms with Crippen molar-refractivity contribution in [2.75, 3.05) is 6.61 Å². The van der Waals surface area contributed by atoms with Gasteiger partial charge in [0.25, 0.3) is 0 Å². The van der Waals surface area contributed by atoms with Crippen LogP contribution in [0.4, 0.5) is 0 Å². The Morgan fingerprint density at radius 3 is 2.71 bits per heavy atom. The molecule has 2 fully saturated rings. The van der Waals surface area contributed by atoms with Crippen LogP contribution >= 0.6 is 0 Å². The molecule has 0 aliphatic heterocycles. The Morgan fingerprint density at radius 2 is 2.12 bits per heavy atom. The average Bonchev–Trinajstić information content (AvgIpc) is 2.76. The van der Waals surface area contributed by atoms with Crippen LogP contribution in [-0.2, 0) is 9.53 Å². The lowest BCUT2D eigenvalue weighted by Gasteiger charge is -2.41. The lowest BCUT2D eigenvalue weighted by Crippen LogP contribution is -2.50. The first kappa shape index (κ1) is 12.4. The molecule has 2 rings (SSSR count). The summed E-state index contributed by atoms with van der Waals surface area (Å²) in [7, 11) is 0. The molecule has 0 aromatic heterocycles. The molecule has 0 saturated heterocycles. The van der Waals surface area contributed by atoms with Crippen molar-refractivity contribution in [2.24, 2.45) is 10.8 Å². The highest BCUT2D eigenvalue weighted by atomic mass is 16.5. The second-order valence-corrected chi connectivity index (χ2v) is 5.48. The number of aliphatic hydroxyl groups is 1. The Morgan fingerprint density at radius 1 is 1.41 bits per heavy atom. The number of carbonyl (C=O) groups is 1. The summed E-state index contributed by atoms with van der Waals surface area (Å²) in [5.74, 6) is 2.54. The van der Waals surface area contributed by atoms with Gasteiger partial charge in [0, 0.05) is 0 Å². The highest BCUT2D eigenvalue weighted by molar-refractivity contribution is 5.80. The summed E-state index contributed by atoms with van der Waals surface area (Å²) in [5, 5.41) is 10.5. The zero-order chi connectivity index (χ0) is 12.7. The molecule has 3 heteroatoms. The molecular weight excluding hydrogens is 216 g/mol. The van der Waals surface area contributed by atoms with E-state index in [0.29, 0.717) is 19.4 Å². The number of ether oxygens (including phenoxy) is 1. The summed E-state index contributed by atoms with van der Waals surface area (Å²) in [6.07, 6.45) is 9.26. The minimum atomic E-state index is -0.953. The zero-order valence-corrected chi connectivity index (χ0v) is 10.6. The van der Waals surface area contributed by atoms with E-state index in [1.165, 1.54) is 0 Å². The van der Waals surface area contributed by atoms with Gasteiger partial charge in [-0.1, -0.05) is 12.3 Å². The second kappa shape index (κ2) is 3.74. The summed E-state index contributed by atoms with van der Waals surface area (Å²) in [6.45, 7) is 3.93. The van der Waals surface area contributed by atoms with E-state index in [4.69, 9.17) is 11.2 Å². The van der Waals surface area contributed by atoms with E-state index in [1.54, 1.807) is 13.8 Å². The van der Waals surface area contributed by atoms with Crippen molar-refractivity contribution in [1.82, 2.24) is 0 Å². The molecule has 0 heterocycles. The van der Waals surface area contributed by atoms with Crippen molar-refractivity contribution in [3.63, 3.8) is 0 Å². The monoisotopic (exact) mass is 236 g/mol. The molecule has 0 amide bonds. The largest absolute Gasteiger partial charge is 0.466 e. The molecule has 0 unspecified atom stereocenters. The number of carbonyl (C=O) groups excluding carboxylic acids is 1. The number of esters is 1. The predicted molar refractivity (Wildman–Crippen MR) is 64.0 cm³/mol. The van der Waals surface area contributed by atoms with Crippen molar-refractivity contribution in [1.29, 1.82) is 0 Å². The van der Waals surface area contributed by atoms with Crippen molar-refractivity contribution in [3.8, 4) is 12.3 Å². The number of fused-ring (bicyclic) bond motifs is 1. The highest BCUT2D eigenvalue weighted by Crippen LogP contribution is 2.67. The first-order chi connectivity index (χ1) is 7.96. The highest BCUT2D eigenvalue weighted by Gasteiger charge is 2.70. The van der Waals surface area contributed by atoms with E-state index < -0.39 is 16.4 Å². The Bertz CT molecular complexity index is 379. The van der Waals surface area contributed by atoms with E-state index in [1.807, 2.05) is 0 Å². The molecule has 17 heavy (non-hydrogen) atoms. The summed E-state index contributed by atoms with van der Waals surface area (Å²) < 4.78 is 5.21. The fraction of sp³-hybridized carbons (Fsp3) is 0.786. The van der Waals surface area contributed by atoms with Gasteiger partial charge in [-0.05, 0) is 39.5 Å². The zero-order valence-electron chi connectivity index (χ0n) is 10.6. The molecule has 0 aromatic rings. The molecule has 2 aliphatic carbocycles. The second-order valence-electron chi connectivity index (χ2n) is 5.48. The fourth-order valence-electron chi connectivity index (χ4n) is 3.91. The maximum Gasteiger partial charge on any atom is 0.313 e. The van der Waals surface area contributed by atoms with Gasteiger partial charge < -0.3 is 9.84 Å². The van der Waals surface area contributed by atoms with Gasteiger partial charge in [-0.2, -0.15) is 0 Å². The third-order valence-corrected chi connectivity index (χ3v) is 4.84. The molecule has 1 N–H and O–H groups in total. The molecule has 2 aliphatic rings. The van der Waals surface area contributed by atoms with Crippen LogP contribution in [0.5, 0.6) is 0 Å². The van der Waals surface area contributed by atoms with Crippen molar-refractivity contribution >= 4 is 5.97 Å². The van der Waals surface area contributed by atoms with Crippen LogP contribution in [0.3, 0.4) is 0 Å². The average molecular weight is 236 g/mol. The minimum Gasteiger partial charge on any atom is -0.466 e. The Kier molecular flexibility index (Phi) is 2.74. The maximum absolute atomic E-state index is 12.3. The fourth-order valence-corrected chi connectivity index (χ4v) is 3.91. The third kappa shape index (κ3) is 1.31. The van der Waals surface area contributed by atoms with Crippen LogP contribution in [0.25, 0.3) is 0 Å². The molecule has 0 aromatic carbocycles. The van der Waals surface area contributed by atoms with E-state index in [0.717, 1.165) is 19.3 Å². The van der Waals surface area contributed by atoms with E-state index in [2.05, 4.69) is 5.92 Å².